The summed E-state index contributed by atoms with van der Waals surface area (Å²) in [5, 5.41) is 3.58. The zero-order valence-electron chi connectivity index (χ0n) is 21.0. The van der Waals surface area contributed by atoms with Crippen molar-refractivity contribution in [1.82, 2.24) is 9.97 Å². The lowest BCUT2D eigenvalue weighted by atomic mass is 10.1. The zero-order chi connectivity index (χ0) is 25.2. The minimum Gasteiger partial charge on any atom is -0.543 e. The van der Waals surface area contributed by atoms with Gasteiger partial charge in [0.25, 0.3) is 0 Å². The second-order valence-electron chi connectivity index (χ2n) is 10.0. The number of ether oxygens (including phenoxy) is 1. The van der Waals surface area contributed by atoms with Gasteiger partial charge in [-0.2, -0.15) is 0 Å². The summed E-state index contributed by atoms with van der Waals surface area (Å²) in [5.74, 6) is 1.38. The monoisotopic (exact) mass is 505 g/mol. The number of aromatic nitrogens is 2. The Balaban J connectivity index is 1.57. The second-order valence-corrected chi connectivity index (χ2v) is 15.8. The van der Waals surface area contributed by atoms with Crippen molar-refractivity contribution in [3.05, 3.63) is 66.5 Å². The van der Waals surface area contributed by atoms with Gasteiger partial charge in [-0.05, 0) is 47.5 Å². The van der Waals surface area contributed by atoms with Crippen molar-refractivity contribution in [3.8, 4) is 16.2 Å². The second kappa shape index (κ2) is 9.79. The van der Waals surface area contributed by atoms with Crippen LogP contribution >= 0.6 is 11.3 Å². The number of benzene rings is 2. The number of hydrogen-bond donors (Lipinski definition) is 1. The minimum atomic E-state index is -1.93. The number of carbonyl (C=O) groups is 1. The first-order chi connectivity index (χ1) is 16.6. The van der Waals surface area contributed by atoms with Gasteiger partial charge in [0.15, 0.2) is 5.82 Å². The number of esters is 1. The molecule has 0 aliphatic carbocycles. The molecule has 0 unspecified atom stereocenters. The van der Waals surface area contributed by atoms with Crippen molar-refractivity contribution in [2.24, 2.45) is 0 Å². The number of fused-ring (bicyclic) bond motifs is 1. The third-order valence-electron chi connectivity index (χ3n) is 6.40. The van der Waals surface area contributed by atoms with Gasteiger partial charge in [-0.25, -0.2) is 9.97 Å². The molecule has 0 spiro atoms. The fraction of sp³-hybridized carbons (Fsp3) is 0.296. The highest BCUT2D eigenvalue weighted by atomic mass is 32.1. The van der Waals surface area contributed by atoms with E-state index in [0.29, 0.717) is 0 Å². The summed E-state index contributed by atoms with van der Waals surface area (Å²) >= 11 is 1.63. The summed E-state index contributed by atoms with van der Waals surface area (Å²) in [6, 6.07) is 18.1. The number of nitrogens with zero attached hydrogens (tertiary/aromatic N) is 2. The van der Waals surface area contributed by atoms with E-state index in [1.807, 2.05) is 48.5 Å². The third-order valence-corrected chi connectivity index (χ3v) is 11.9. The molecule has 4 rings (SSSR count). The Kier molecular flexibility index (Phi) is 6.96. The topological polar surface area (TPSA) is 73.3 Å². The van der Waals surface area contributed by atoms with Crippen LogP contribution in [0.4, 0.5) is 11.5 Å². The van der Waals surface area contributed by atoms with Crippen LogP contribution in [0.15, 0.2) is 60.9 Å². The predicted molar refractivity (Wildman–Crippen MR) is 146 cm³/mol. The van der Waals surface area contributed by atoms with Crippen LogP contribution < -0.4 is 9.74 Å². The van der Waals surface area contributed by atoms with Crippen LogP contribution in [0.25, 0.3) is 20.7 Å². The van der Waals surface area contributed by atoms with Gasteiger partial charge in [-0.3, -0.25) is 4.79 Å². The fourth-order valence-corrected chi connectivity index (χ4v) is 5.42. The number of nitrogens with one attached hydrogen (secondary N) is 1. The summed E-state index contributed by atoms with van der Waals surface area (Å²) in [4.78, 5) is 21.6. The van der Waals surface area contributed by atoms with Crippen molar-refractivity contribution in [2.45, 2.75) is 45.3 Å². The van der Waals surface area contributed by atoms with E-state index in [-0.39, 0.29) is 17.4 Å². The lowest BCUT2D eigenvalue weighted by molar-refractivity contribution is -0.139. The first kappa shape index (κ1) is 24.9. The molecule has 8 heteroatoms. The molecule has 182 valence electrons. The molecule has 1 N–H and O–H groups in total. The number of carbonyl (C=O) groups excluding carboxylic acids is 1. The standard InChI is InChI=1S/C27H31N3O3SSi/c1-27(2,3)35(5,6)33-21-9-7-8-20(15-21)30-26-25-22(28-17-29-26)16-23(34-25)19-12-10-18(11-13-19)14-24(31)32-4/h7-13,15-17H,14H2,1-6H3,(H,28,29,30). The summed E-state index contributed by atoms with van der Waals surface area (Å²) in [6.07, 6.45) is 1.84. The molecule has 0 saturated heterocycles. The molecule has 35 heavy (non-hydrogen) atoms. The average molecular weight is 506 g/mol. The molecule has 0 amide bonds. The molecule has 0 saturated carbocycles. The molecule has 0 aliphatic rings. The number of hydrogen-bond acceptors (Lipinski definition) is 7. The molecule has 2 heterocycles. The van der Waals surface area contributed by atoms with Gasteiger partial charge in [-0.15, -0.1) is 11.3 Å². The normalized spacial score (nSPS) is 11.9. The molecule has 0 aliphatic heterocycles. The lowest BCUT2D eigenvalue weighted by Crippen LogP contribution is -2.43. The summed E-state index contributed by atoms with van der Waals surface area (Å²) in [7, 11) is -0.530. The molecular formula is C27H31N3O3SSi. The van der Waals surface area contributed by atoms with Crippen molar-refractivity contribution >= 4 is 47.3 Å². The molecule has 0 atom stereocenters. The zero-order valence-corrected chi connectivity index (χ0v) is 22.8. The Bertz CT molecular complexity index is 1340. The highest BCUT2D eigenvalue weighted by Gasteiger charge is 2.39. The number of thiophene rings is 1. The third kappa shape index (κ3) is 5.71. The van der Waals surface area contributed by atoms with Crippen LogP contribution in [0.3, 0.4) is 0 Å². The number of methoxy groups -OCH3 is 1. The van der Waals surface area contributed by atoms with E-state index in [1.54, 1.807) is 17.7 Å². The first-order valence-corrected chi connectivity index (χ1v) is 15.2. The van der Waals surface area contributed by atoms with Crippen molar-refractivity contribution in [1.29, 1.82) is 0 Å². The van der Waals surface area contributed by atoms with E-state index in [2.05, 4.69) is 55.2 Å². The van der Waals surface area contributed by atoms with E-state index in [0.717, 1.165) is 43.5 Å². The van der Waals surface area contributed by atoms with Gasteiger partial charge in [0.05, 0.1) is 23.7 Å². The van der Waals surface area contributed by atoms with E-state index in [9.17, 15) is 4.79 Å². The highest BCUT2D eigenvalue weighted by molar-refractivity contribution is 7.22. The Morgan fingerprint density at radius 1 is 1.06 bits per heavy atom. The van der Waals surface area contributed by atoms with Crippen LogP contribution in [0.5, 0.6) is 5.75 Å². The highest BCUT2D eigenvalue weighted by Crippen LogP contribution is 2.39. The van der Waals surface area contributed by atoms with E-state index in [4.69, 9.17) is 9.16 Å². The average Bonchev–Trinajstić information content (AvgIpc) is 3.24. The Hall–Kier alpha value is -3.23. The van der Waals surface area contributed by atoms with Gasteiger partial charge in [0, 0.05) is 16.6 Å². The minimum absolute atomic E-state index is 0.125. The maximum Gasteiger partial charge on any atom is 0.309 e. The van der Waals surface area contributed by atoms with Crippen LogP contribution in [-0.2, 0) is 16.0 Å². The smallest absolute Gasteiger partial charge is 0.309 e. The number of anilines is 2. The summed E-state index contributed by atoms with van der Waals surface area (Å²) in [5.41, 5.74) is 3.79. The van der Waals surface area contributed by atoms with Crippen LogP contribution in [0.2, 0.25) is 18.1 Å². The molecular weight excluding hydrogens is 474 g/mol. The first-order valence-electron chi connectivity index (χ1n) is 11.5. The van der Waals surface area contributed by atoms with Crippen LogP contribution in [-0.4, -0.2) is 31.4 Å². The largest absolute Gasteiger partial charge is 0.543 e. The molecule has 4 aromatic rings. The van der Waals surface area contributed by atoms with Gasteiger partial charge in [0.1, 0.15) is 12.1 Å². The molecule has 2 aromatic heterocycles. The molecule has 0 fully saturated rings. The Morgan fingerprint density at radius 2 is 1.80 bits per heavy atom. The maximum atomic E-state index is 11.5. The fourth-order valence-electron chi connectivity index (χ4n) is 3.33. The Morgan fingerprint density at radius 3 is 2.49 bits per heavy atom. The molecule has 0 bridgehead atoms. The van der Waals surface area contributed by atoms with E-state index >= 15 is 0 Å². The van der Waals surface area contributed by atoms with Gasteiger partial charge < -0.3 is 14.5 Å². The van der Waals surface area contributed by atoms with Crippen molar-refractivity contribution in [2.75, 3.05) is 12.4 Å². The SMILES string of the molecule is COC(=O)Cc1ccc(-c2cc3ncnc(Nc4cccc(O[Si](C)(C)C(C)(C)C)c4)c3s2)cc1. The van der Waals surface area contributed by atoms with Gasteiger partial charge in [-0.1, -0.05) is 51.1 Å². The quantitative estimate of drug-likeness (QED) is 0.211. The molecule has 0 radical (unpaired) electrons. The van der Waals surface area contributed by atoms with Gasteiger partial charge in [0.2, 0.25) is 8.32 Å². The molecule has 2 aromatic carbocycles. The molecule has 6 nitrogen and oxygen atoms in total. The summed E-state index contributed by atoms with van der Waals surface area (Å²) < 4.78 is 12.2. The van der Waals surface area contributed by atoms with Crippen LogP contribution in [0.1, 0.15) is 26.3 Å². The van der Waals surface area contributed by atoms with Crippen molar-refractivity contribution < 1.29 is 14.0 Å². The van der Waals surface area contributed by atoms with E-state index in [1.165, 1.54) is 7.11 Å². The lowest BCUT2D eigenvalue weighted by Gasteiger charge is -2.36. The summed E-state index contributed by atoms with van der Waals surface area (Å²) in [6.45, 7) is 11.2. The van der Waals surface area contributed by atoms with Gasteiger partial charge >= 0.3 is 5.97 Å². The van der Waals surface area contributed by atoms with Crippen LogP contribution in [0, 0.1) is 0 Å². The van der Waals surface area contributed by atoms with Crippen molar-refractivity contribution in [3.63, 3.8) is 0 Å². The predicted octanol–water partition coefficient (Wildman–Crippen LogP) is 7.20. The van der Waals surface area contributed by atoms with E-state index < -0.39 is 8.32 Å². The maximum absolute atomic E-state index is 11.5. The number of rotatable bonds is 7. The Labute approximate surface area is 211 Å².